The molecule has 3 nitrogen and oxygen atoms in total. The molecule has 1 aromatic heterocycles. The van der Waals surface area contributed by atoms with Gasteiger partial charge in [0.1, 0.15) is 0 Å². The van der Waals surface area contributed by atoms with Crippen LogP contribution in [0.5, 0.6) is 0 Å². The lowest BCUT2D eigenvalue weighted by atomic mass is 10.1. The van der Waals surface area contributed by atoms with Crippen molar-refractivity contribution < 1.29 is 4.79 Å². The van der Waals surface area contributed by atoms with E-state index in [0.29, 0.717) is 6.54 Å². The molecule has 0 fully saturated rings. The van der Waals surface area contributed by atoms with Crippen molar-refractivity contribution in [3.05, 3.63) is 53.6 Å². The van der Waals surface area contributed by atoms with Gasteiger partial charge in [-0.1, -0.05) is 41.9 Å². The smallest absolute Gasteiger partial charge is 0.216 e. The number of benzene rings is 2. The van der Waals surface area contributed by atoms with Gasteiger partial charge in [0, 0.05) is 40.0 Å². The third-order valence-corrected chi connectivity index (χ3v) is 4.89. The maximum Gasteiger partial charge on any atom is 0.216 e. The molecule has 118 valence electrons. The topological polar surface area (TPSA) is 44.9 Å². The molecule has 0 aliphatic heterocycles. The number of halogens is 1. The van der Waals surface area contributed by atoms with E-state index in [-0.39, 0.29) is 5.91 Å². The maximum atomic E-state index is 11.0. The summed E-state index contributed by atoms with van der Waals surface area (Å²) in [5.41, 5.74) is 3.31. The summed E-state index contributed by atoms with van der Waals surface area (Å²) in [5.74, 6) is 0.824. The minimum atomic E-state index is 0.00227. The average Bonchev–Trinajstić information content (AvgIpc) is 2.91. The van der Waals surface area contributed by atoms with Crippen molar-refractivity contribution in [2.45, 2.75) is 11.8 Å². The largest absolute Gasteiger partial charge is 0.356 e. The Morgan fingerprint density at radius 2 is 1.91 bits per heavy atom. The standard InChI is InChI=1S/C18H17ClN2OS/c1-12(22)20-10-11-23-18-15-4-2-3-5-16(15)21-17(18)13-6-8-14(19)9-7-13/h2-9,21H,10-11H2,1H3,(H,20,22). The molecule has 23 heavy (non-hydrogen) atoms. The molecule has 0 saturated heterocycles. The third-order valence-electron chi connectivity index (χ3n) is 3.51. The average molecular weight is 345 g/mol. The molecule has 0 aliphatic rings. The summed E-state index contributed by atoms with van der Waals surface area (Å²) >= 11 is 7.74. The predicted octanol–water partition coefficient (Wildman–Crippen LogP) is 4.72. The van der Waals surface area contributed by atoms with Gasteiger partial charge in [0.2, 0.25) is 5.91 Å². The fourth-order valence-electron chi connectivity index (χ4n) is 2.47. The second-order valence-electron chi connectivity index (χ2n) is 5.21. The van der Waals surface area contributed by atoms with E-state index >= 15 is 0 Å². The first kappa shape index (κ1) is 16.0. The second-order valence-corrected chi connectivity index (χ2v) is 6.75. The van der Waals surface area contributed by atoms with Crippen LogP contribution in [0.15, 0.2) is 53.4 Å². The van der Waals surface area contributed by atoms with E-state index < -0.39 is 0 Å². The molecule has 1 heterocycles. The van der Waals surface area contributed by atoms with Gasteiger partial charge >= 0.3 is 0 Å². The molecule has 2 aromatic carbocycles. The number of carbonyl (C=O) groups excluding carboxylic acids is 1. The van der Waals surface area contributed by atoms with Crippen LogP contribution in [0.3, 0.4) is 0 Å². The fraction of sp³-hybridized carbons (Fsp3) is 0.167. The zero-order valence-electron chi connectivity index (χ0n) is 12.7. The lowest BCUT2D eigenvalue weighted by molar-refractivity contribution is -0.118. The maximum absolute atomic E-state index is 11.0. The minimum absolute atomic E-state index is 0.00227. The van der Waals surface area contributed by atoms with E-state index in [1.807, 2.05) is 36.4 Å². The van der Waals surface area contributed by atoms with Crippen molar-refractivity contribution in [2.24, 2.45) is 0 Å². The van der Waals surface area contributed by atoms with Crippen molar-refractivity contribution >= 4 is 40.2 Å². The minimum Gasteiger partial charge on any atom is -0.356 e. The van der Waals surface area contributed by atoms with Crippen LogP contribution in [-0.4, -0.2) is 23.2 Å². The van der Waals surface area contributed by atoms with E-state index in [0.717, 1.165) is 27.5 Å². The molecular weight excluding hydrogens is 328 g/mol. The number of para-hydroxylation sites is 1. The summed E-state index contributed by atoms with van der Waals surface area (Å²) in [5, 5.41) is 4.76. The van der Waals surface area contributed by atoms with Crippen LogP contribution in [0.1, 0.15) is 6.92 Å². The molecule has 3 aromatic rings. The number of fused-ring (bicyclic) bond motifs is 1. The van der Waals surface area contributed by atoms with Gasteiger partial charge < -0.3 is 10.3 Å². The number of hydrogen-bond donors (Lipinski definition) is 2. The van der Waals surface area contributed by atoms with Crippen molar-refractivity contribution in [1.29, 1.82) is 0 Å². The number of hydrogen-bond acceptors (Lipinski definition) is 2. The summed E-state index contributed by atoms with van der Waals surface area (Å²) in [6.45, 7) is 2.19. The van der Waals surface area contributed by atoms with E-state index in [9.17, 15) is 4.79 Å². The molecule has 3 rings (SSSR count). The summed E-state index contributed by atoms with van der Waals surface area (Å²) in [6, 6.07) is 16.1. The first-order valence-electron chi connectivity index (χ1n) is 7.39. The Morgan fingerprint density at radius 3 is 2.65 bits per heavy atom. The molecule has 0 spiro atoms. The summed E-state index contributed by atoms with van der Waals surface area (Å²) in [4.78, 5) is 15.7. The molecule has 5 heteroatoms. The van der Waals surface area contributed by atoms with Gasteiger partial charge in [0.25, 0.3) is 0 Å². The van der Waals surface area contributed by atoms with Gasteiger partial charge in [-0.25, -0.2) is 0 Å². The van der Waals surface area contributed by atoms with Gasteiger partial charge in [-0.15, -0.1) is 11.8 Å². The van der Waals surface area contributed by atoms with Crippen LogP contribution in [0.4, 0.5) is 0 Å². The highest BCUT2D eigenvalue weighted by atomic mass is 35.5. The number of aromatic amines is 1. The molecule has 0 unspecified atom stereocenters. The number of rotatable bonds is 5. The van der Waals surface area contributed by atoms with Gasteiger partial charge in [0.15, 0.2) is 0 Å². The molecule has 0 bridgehead atoms. The van der Waals surface area contributed by atoms with Crippen LogP contribution < -0.4 is 5.32 Å². The van der Waals surface area contributed by atoms with Crippen LogP contribution >= 0.6 is 23.4 Å². The summed E-state index contributed by atoms with van der Waals surface area (Å²) in [6.07, 6.45) is 0. The molecule has 0 radical (unpaired) electrons. The number of aromatic nitrogens is 1. The van der Waals surface area contributed by atoms with Gasteiger partial charge in [-0.2, -0.15) is 0 Å². The Bertz CT molecular complexity index is 827. The Morgan fingerprint density at radius 1 is 1.17 bits per heavy atom. The van der Waals surface area contributed by atoms with E-state index in [2.05, 4.69) is 22.4 Å². The highest BCUT2D eigenvalue weighted by molar-refractivity contribution is 7.99. The monoisotopic (exact) mass is 344 g/mol. The summed E-state index contributed by atoms with van der Waals surface area (Å²) < 4.78 is 0. The third kappa shape index (κ3) is 3.71. The van der Waals surface area contributed by atoms with Crippen molar-refractivity contribution in [3.8, 4) is 11.3 Å². The number of carbonyl (C=O) groups is 1. The normalized spacial score (nSPS) is 10.9. The lowest BCUT2D eigenvalue weighted by Gasteiger charge is -2.06. The van der Waals surface area contributed by atoms with Crippen LogP contribution in [-0.2, 0) is 4.79 Å². The van der Waals surface area contributed by atoms with E-state index in [1.165, 1.54) is 17.2 Å². The molecular formula is C18H17ClN2OS. The zero-order chi connectivity index (χ0) is 16.2. The number of thioether (sulfide) groups is 1. The highest BCUT2D eigenvalue weighted by Gasteiger charge is 2.13. The van der Waals surface area contributed by atoms with Crippen LogP contribution in [0.25, 0.3) is 22.2 Å². The fourth-order valence-corrected chi connectivity index (χ4v) is 3.65. The van der Waals surface area contributed by atoms with Crippen molar-refractivity contribution in [1.82, 2.24) is 10.3 Å². The Balaban J connectivity index is 1.94. The Labute approximate surface area is 144 Å². The number of nitrogens with one attached hydrogen (secondary N) is 2. The zero-order valence-corrected chi connectivity index (χ0v) is 14.3. The molecule has 0 aliphatic carbocycles. The van der Waals surface area contributed by atoms with Crippen molar-refractivity contribution in [3.63, 3.8) is 0 Å². The SMILES string of the molecule is CC(=O)NCCSc1c(-c2ccc(Cl)cc2)[nH]c2ccccc12. The van der Waals surface area contributed by atoms with Gasteiger partial charge in [-0.3, -0.25) is 4.79 Å². The van der Waals surface area contributed by atoms with Crippen LogP contribution in [0, 0.1) is 0 Å². The summed E-state index contributed by atoms with van der Waals surface area (Å²) in [7, 11) is 0. The Hall–Kier alpha value is -1.91. The molecule has 1 amide bonds. The predicted molar refractivity (Wildman–Crippen MR) is 98.2 cm³/mol. The van der Waals surface area contributed by atoms with Gasteiger partial charge in [-0.05, 0) is 23.8 Å². The number of H-pyrrole nitrogens is 1. The molecule has 2 N–H and O–H groups in total. The first-order chi connectivity index (χ1) is 11.1. The van der Waals surface area contributed by atoms with E-state index in [1.54, 1.807) is 11.8 Å². The Kier molecular flexibility index (Phi) is 4.94. The van der Waals surface area contributed by atoms with E-state index in [4.69, 9.17) is 11.6 Å². The van der Waals surface area contributed by atoms with Crippen molar-refractivity contribution in [2.75, 3.05) is 12.3 Å². The molecule has 0 atom stereocenters. The first-order valence-corrected chi connectivity index (χ1v) is 8.75. The second kappa shape index (κ2) is 7.11. The van der Waals surface area contributed by atoms with Gasteiger partial charge in [0.05, 0.1) is 5.69 Å². The quantitative estimate of drug-likeness (QED) is 0.519. The van der Waals surface area contributed by atoms with Crippen LogP contribution in [0.2, 0.25) is 5.02 Å². The lowest BCUT2D eigenvalue weighted by Crippen LogP contribution is -2.22. The molecule has 0 saturated carbocycles. The highest BCUT2D eigenvalue weighted by Crippen LogP contribution is 2.37. The number of amides is 1.